The summed E-state index contributed by atoms with van der Waals surface area (Å²) in [7, 11) is 3.14. The molecule has 3 aromatic rings. The highest BCUT2D eigenvalue weighted by molar-refractivity contribution is 5.99. The van der Waals surface area contributed by atoms with Crippen LogP contribution in [0.25, 0.3) is 0 Å². The van der Waals surface area contributed by atoms with Crippen LogP contribution in [0.1, 0.15) is 33.9 Å². The molecule has 0 saturated carbocycles. The molecule has 6 heteroatoms. The molecular formula is C25H24N2O4. The van der Waals surface area contributed by atoms with Crippen molar-refractivity contribution in [3.05, 3.63) is 89.5 Å². The summed E-state index contributed by atoms with van der Waals surface area (Å²) in [5, 5.41) is 2.92. The second-order valence-corrected chi connectivity index (χ2v) is 7.34. The van der Waals surface area contributed by atoms with Crippen molar-refractivity contribution in [2.24, 2.45) is 0 Å². The van der Waals surface area contributed by atoms with Crippen LogP contribution in [-0.2, 0) is 11.3 Å². The highest BCUT2D eigenvalue weighted by Crippen LogP contribution is 2.37. The van der Waals surface area contributed by atoms with Gasteiger partial charge < -0.3 is 19.7 Å². The number of benzene rings is 3. The Balaban J connectivity index is 1.66. The smallest absolute Gasteiger partial charge is 0.255 e. The molecule has 1 N–H and O–H groups in total. The van der Waals surface area contributed by atoms with E-state index in [1.807, 2.05) is 66.7 Å². The first-order valence-corrected chi connectivity index (χ1v) is 10.1. The molecule has 3 aromatic carbocycles. The van der Waals surface area contributed by atoms with Crippen molar-refractivity contribution < 1.29 is 19.1 Å². The van der Waals surface area contributed by atoms with Crippen LogP contribution in [0, 0.1) is 0 Å². The lowest BCUT2D eigenvalue weighted by molar-refractivity contribution is -0.117. The quantitative estimate of drug-likeness (QED) is 0.619. The highest BCUT2D eigenvalue weighted by Gasteiger charge is 2.34. The number of nitrogens with one attached hydrogen (secondary N) is 1. The first-order chi connectivity index (χ1) is 15.1. The van der Waals surface area contributed by atoms with E-state index in [4.69, 9.17) is 9.47 Å². The van der Waals surface area contributed by atoms with Crippen molar-refractivity contribution in [1.82, 2.24) is 4.90 Å². The van der Waals surface area contributed by atoms with Crippen molar-refractivity contribution in [3.63, 3.8) is 0 Å². The van der Waals surface area contributed by atoms with Gasteiger partial charge in [-0.05, 0) is 41.5 Å². The molecule has 1 atom stereocenters. The van der Waals surface area contributed by atoms with Gasteiger partial charge in [-0.15, -0.1) is 0 Å². The first kappa shape index (κ1) is 20.5. The van der Waals surface area contributed by atoms with Crippen molar-refractivity contribution in [2.75, 3.05) is 19.5 Å². The average Bonchev–Trinajstić information content (AvgIpc) is 3.14. The summed E-state index contributed by atoms with van der Waals surface area (Å²) >= 11 is 0. The Bertz CT molecular complexity index is 1100. The third-order valence-electron chi connectivity index (χ3n) is 5.45. The number of fused-ring (bicyclic) bond motifs is 1. The zero-order valence-corrected chi connectivity index (χ0v) is 17.5. The first-order valence-electron chi connectivity index (χ1n) is 10.1. The number of hydrogen-bond donors (Lipinski definition) is 1. The van der Waals surface area contributed by atoms with Crippen molar-refractivity contribution in [1.29, 1.82) is 0 Å². The van der Waals surface area contributed by atoms with Gasteiger partial charge in [-0.2, -0.15) is 0 Å². The van der Waals surface area contributed by atoms with Crippen molar-refractivity contribution >= 4 is 17.5 Å². The average molecular weight is 416 g/mol. The summed E-state index contributed by atoms with van der Waals surface area (Å²) in [6, 6.07) is 21.9. The van der Waals surface area contributed by atoms with E-state index in [9.17, 15) is 9.59 Å². The number of nitrogens with zero attached hydrogens (tertiary/aromatic N) is 1. The minimum absolute atomic E-state index is 0.0807. The fraction of sp³-hybridized carbons (Fsp3) is 0.200. The van der Waals surface area contributed by atoms with Crippen LogP contribution in [0.15, 0.2) is 72.8 Å². The summed E-state index contributed by atoms with van der Waals surface area (Å²) in [6.07, 6.45) is 0.115. The maximum absolute atomic E-state index is 13.2. The van der Waals surface area contributed by atoms with Crippen molar-refractivity contribution in [3.8, 4) is 11.5 Å². The Morgan fingerprint density at radius 3 is 2.39 bits per heavy atom. The van der Waals surface area contributed by atoms with Gasteiger partial charge in [0.05, 0.1) is 26.7 Å². The largest absolute Gasteiger partial charge is 0.493 e. The van der Waals surface area contributed by atoms with Gasteiger partial charge in [0, 0.05) is 17.8 Å². The molecule has 0 radical (unpaired) electrons. The van der Waals surface area contributed by atoms with Gasteiger partial charge in [-0.25, -0.2) is 0 Å². The van der Waals surface area contributed by atoms with E-state index in [-0.39, 0.29) is 18.2 Å². The minimum atomic E-state index is -0.455. The van der Waals surface area contributed by atoms with Crippen LogP contribution in [-0.4, -0.2) is 30.9 Å². The lowest BCUT2D eigenvalue weighted by Gasteiger charge is -2.28. The number of para-hydroxylation sites is 1. The molecule has 31 heavy (non-hydrogen) atoms. The predicted octanol–water partition coefficient (Wildman–Crippen LogP) is 4.43. The fourth-order valence-corrected chi connectivity index (χ4v) is 3.91. The summed E-state index contributed by atoms with van der Waals surface area (Å²) in [4.78, 5) is 27.8. The Labute approximate surface area is 181 Å². The van der Waals surface area contributed by atoms with Gasteiger partial charge in [-0.1, -0.05) is 42.5 Å². The SMILES string of the molecule is COc1ccc([C@H](CC(=O)Nc2ccccc2)N2Cc3ccccc3C2=O)cc1OC. The van der Waals surface area contributed by atoms with E-state index in [1.165, 1.54) is 0 Å². The van der Waals surface area contributed by atoms with E-state index < -0.39 is 6.04 Å². The Morgan fingerprint density at radius 2 is 1.68 bits per heavy atom. The van der Waals surface area contributed by atoms with Crippen LogP contribution < -0.4 is 14.8 Å². The number of anilines is 1. The highest BCUT2D eigenvalue weighted by atomic mass is 16.5. The van der Waals surface area contributed by atoms with Crippen LogP contribution in [0.2, 0.25) is 0 Å². The standard InChI is InChI=1S/C25H24N2O4/c1-30-22-13-12-17(14-23(22)31-2)21(15-24(28)26-19-9-4-3-5-10-19)27-16-18-8-6-7-11-20(18)25(27)29/h3-14,21H,15-16H2,1-2H3,(H,26,28)/t21-/m0/s1. The molecule has 0 saturated heterocycles. The van der Waals surface area contributed by atoms with E-state index in [1.54, 1.807) is 25.2 Å². The Hall–Kier alpha value is -3.80. The minimum Gasteiger partial charge on any atom is -0.493 e. The molecule has 6 nitrogen and oxygen atoms in total. The van der Waals surface area contributed by atoms with Gasteiger partial charge in [0.25, 0.3) is 5.91 Å². The lowest BCUT2D eigenvalue weighted by Crippen LogP contribution is -2.32. The molecule has 2 amide bonds. The zero-order chi connectivity index (χ0) is 21.8. The normalized spacial score (nSPS) is 13.5. The lowest BCUT2D eigenvalue weighted by atomic mass is 10.0. The zero-order valence-electron chi connectivity index (χ0n) is 17.5. The second-order valence-electron chi connectivity index (χ2n) is 7.34. The number of hydrogen-bond acceptors (Lipinski definition) is 4. The number of rotatable bonds is 7. The molecule has 1 aliphatic rings. The van der Waals surface area contributed by atoms with Crippen LogP contribution in [0.3, 0.4) is 0 Å². The summed E-state index contributed by atoms with van der Waals surface area (Å²) < 4.78 is 10.8. The van der Waals surface area contributed by atoms with E-state index in [0.717, 1.165) is 16.8 Å². The van der Waals surface area contributed by atoms with Crippen LogP contribution >= 0.6 is 0 Å². The molecule has 0 spiro atoms. The Morgan fingerprint density at radius 1 is 0.968 bits per heavy atom. The summed E-state index contributed by atoms with van der Waals surface area (Å²) in [6.45, 7) is 0.451. The van der Waals surface area contributed by atoms with Gasteiger partial charge in [0.15, 0.2) is 11.5 Å². The Kier molecular flexibility index (Phi) is 5.89. The van der Waals surface area contributed by atoms with Crippen LogP contribution in [0.5, 0.6) is 11.5 Å². The van der Waals surface area contributed by atoms with Crippen LogP contribution in [0.4, 0.5) is 5.69 Å². The molecule has 0 aliphatic carbocycles. The third kappa shape index (κ3) is 4.23. The third-order valence-corrected chi connectivity index (χ3v) is 5.45. The second kappa shape index (κ2) is 8.92. The predicted molar refractivity (Wildman–Crippen MR) is 118 cm³/mol. The molecule has 1 aliphatic heterocycles. The fourth-order valence-electron chi connectivity index (χ4n) is 3.91. The molecule has 0 fully saturated rings. The molecule has 0 bridgehead atoms. The van der Waals surface area contributed by atoms with E-state index in [2.05, 4.69) is 5.32 Å². The van der Waals surface area contributed by atoms with E-state index >= 15 is 0 Å². The van der Waals surface area contributed by atoms with Gasteiger partial charge in [-0.3, -0.25) is 9.59 Å². The maximum Gasteiger partial charge on any atom is 0.255 e. The molecule has 4 rings (SSSR count). The molecular weight excluding hydrogens is 392 g/mol. The maximum atomic E-state index is 13.2. The number of carbonyl (C=O) groups excluding carboxylic acids is 2. The van der Waals surface area contributed by atoms with Gasteiger partial charge >= 0.3 is 0 Å². The molecule has 0 unspecified atom stereocenters. The van der Waals surface area contributed by atoms with E-state index in [0.29, 0.717) is 23.6 Å². The summed E-state index contributed by atoms with van der Waals surface area (Å²) in [5.74, 6) is 0.894. The topological polar surface area (TPSA) is 67.9 Å². The molecule has 158 valence electrons. The van der Waals surface area contributed by atoms with Crippen molar-refractivity contribution in [2.45, 2.75) is 19.0 Å². The number of carbonyl (C=O) groups is 2. The summed E-state index contributed by atoms with van der Waals surface area (Å²) in [5.41, 5.74) is 3.16. The molecule has 1 heterocycles. The van der Waals surface area contributed by atoms with Gasteiger partial charge in [0.2, 0.25) is 5.91 Å². The van der Waals surface area contributed by atoms with Gasteiger partial charge in [0.1, 0.15) is 0 Å². The molecule has 0 aromatic heterocycles. The number of ether oxygens (including phenoxy) is 2. The number of amides is 2. The number of methoxy groups -OCH3 is 2. The monoisotopic (exact) mass is 416 g/mol.